The lowest BCUT2D eigenvalue weighted by molar-refractivity contribution is -0.175. The van der Waals surface area contributed by atoms with Gasteiger partial charge in [0.2, 0.25) is 11.8 Å². The highest BCUT2D eigenvalue weighted by Gasteiger charge is 2.57. The highest BCUT2D eigenvalue weighted by atomic mass is 16.3. The van der Waals surface area contributed by atoms with Crippen molar-refractivity contribution in [3.63, 3.8) is 0 Å². The molecule has 3 N–H and O–H groups in total. The van der Waals surface area contributed by atoms with Crippen molar-refractivity contribution in [1.29, 1.82) is 0 Å². The zero-order valence-corrected chi connectivity index (χ0v) is 17.5. The van der Waals surface area contributed by atoms with Crippen LogP contribution in [-0.4, -0.2) is 35.0 Å². The maximum Gasteiger partial charge on any atom is 0.234 e. The standard InChI is InChI=1S/C23H29N3O3/c1-21(2)12-24-13-22(3,4)23(21,29)16-5-7-18-14(10-16)9-15(11-25-18)17-6-8-19(27)26-20(17)28/h5,7,9-11,17,24,29H,6,8,12-13H2,1-4H3,(H,26,27,28). The molecule has 1 aromatic carbocycles. The van der Waals surface area contributed by atoms with Crippen LogP contribution in [0.4, 0.5) is 0 Å². The van der Waals surface area contributed by atoms with Gasteiger partial charge in [0.05, 0.1) is 11.4 Å². The minimum atomic E-state index is -1.02. The number of fused-ring (bicyclic) bond motifs is 1. The van der Waals surface area contributed by atoms with Gasteiger partial charge >= 0.3 is 0 Å². The van der Waals surface area contributed by atoms with E-state index >= 15 is 0 Å². The van der Waals surface area contributed by atoms with Crippen LogP contribution in [0.15, 0.2) is 30.5 Å². The van der Waals surface area contributed by atoms with Gasteiger partial charge in [0.25, 0.3) is 0 Å². The largest absolute Gasteiger partial charge is 0.384 e. The predicted molar refractivity (Wildman–Crippen MR) is 111 cm³/mol. The van der Waals surface area contributed by atoms with Crippen molar-refractivity contribution in [1.82, 2.24) is 15.6 Å². The summed E-state index contributed by atoms with van der Waals surface area (Å²) in [7, 11) is 0. The van der Waals surface area contributed by atoms with Gasteiger partial charge < -0.3 is 10.4 Å². The number of aliphatic hydroxyl groups is 1. The highest BCUT2D eigenvalue weighted by Crippen LogP contribution is 2.53. The maximum absolute atomic E-state index is 12.3. The van der Waals surface area contributed by atoms with Crippen LogP contribution < -0.4 is 10.6 Å². The molecule has 2 aliphatic heterocycles. The summed E-state index contributed by atoms with van der Waals surface area (Å²) < 4.78 is 0. The van der Waals surface area contributed by atoms with E-state index in [-0.39, 0.29) is 28.6 Å². The van der Waals surface area contributed by atoms with Crippen molar-refractivity contribution in [2.45, 2.75) is 52.1 Å². The predicted octanol–water partition coefficient (Wildman–Crippen LogP) is 2.60. The van der Waals surface area contributed by atoms with Crippen molar-refractivity contribution in [2.24, 2.45) is 10.8 Å². The van der Waals surface area contributed by atoms with Gasteiger partial charge in [0.1, 0.15) is 5.60 Å². The quantitative estimate of drug-likeness (QED) is 0.680. The monoisotopic (exact) mass is 395 g/mol. The Morgan fingerprint density at radius 2 is 1.76 bits per heavy atom. The van der Waals surface area contributed by atoms with Crippen LogP contribution in [0.5, 0.6) is 0 Å². The normalized spacial score (nSPS) is 25.6. The lowest BCUT2D eigenvalue weighted by Gasteiger charge is -2.56. The zero-order valence-electron chi connectivity index (χ0n) is 17.5. The van der Waals surface area contributed by atoms with Gasteiger partial charge in [-0.1, -0.05) is 33.8 Å². The molecular weight excluding hydrogens is 366 g/mol. The van der Waals surface area contributed by atoms with Gasteiger partial charge in [-0.15, -0.1) is 0 Å². The smallest absolute Gasteiger partial charge is 0.234 e. The van der Waals surface area contributed by atoms with Gasteiger partial charge in [0.15, 0.2) is 0 Å². The van der Waals surface area contributed by atoms with Crippen LogP contribution in [0.25, 0.3) is 10.9 Å². The van der Waals surface area contributed by atoms with Crippen molar-refractivity contribution in [2.75, 3.05) is 13.1 Å². The number of carbonyl (C=O) groups is 2. The van der Waals surface area contributed by atoms with Crippen LogP contribution in [0.3, 0.4) is 0 Å². The van der Waals surface area contributed by atoms with E-state index in [4.69, 9.17) is 0 Å². The highest BCUT2D eigenvalue weighted by molar-refractivity contribution is 6.01. The molecule has 2 fully saturated rings. The summed E-state index contributed by atoms with van der Waals surface area (Å²) in [4.78, 5) is 28.3. The molecular formula is C23H29N3O3. The maximum atomic E-state index is 12.3. The summed E-state index contributed by atoms with van der Waals surface area (Å²) in [5.41, 5.74) is 0.732. The molecule has 0 aliphatic carbocycles. The molecule has 2 aromatic rings. The molecule has 6 heteroatoms. The number of amides is 2. The van der Waals surface area contributed by atoms with E-state index in [0.717, 1.165) is 35.1 Å². The van der Waals surface area contributed by atoms with Crippen molar-refractivity contribution >= 4 is 22.7 Å². The molecule has 2 amide bonds. The Morgan fingerprint density at radius 3 is 2.41 bits per heavy atom. The van der Waals surface area contributed by atoms with E-state index in [1.165, 1.54) is 0 Å². The van der Waals surface area contributed by atoms with Crippen molar-refractivity contribution < 1.29 is 14.7 Å². The SMILES string of the molecule is CC1(C)CNCC(C)(C)C1(O)c1ccc2ncc(C3CCC(=O)NC3=O)cc2c1. The average molecular weight is 396 g/mol. The number of nitrogens with one attached hydrogen (secondary N) is 2. The van der Waals surface area contributed by atoms with Crippen LogP contribution >= 0.6 is 0 Å². The Morgan fingerprint density at radius 1 is 1.07 bits per heavy atom. The minimum absolute atomic E-state index is 0.222. The fourth-order valence-electron chi connectivity index (χ4n) is 5.22. The Hall–Kier alpha value is -2.31. The van der Waals surface area contributed by atoms with Crippen molar-refractivity contribution in [3.8, 4) is 0 Å². The van der Waals surface area contributed by atoms with E-state index in [1.54, 1.807) is 6.20 Å². The van der Waals surface area contributed by atoms with Crippen LogP contribution in [-0.2, 0) is 15.2 Å². The Kier molecular flexibility index (Phi) is 4.55. The molecule has 0 radical (unpaired) electrons. The molecule has 154 valence electrons. The van der Waals surface area contributed by atoms with Crippen LogP contribution in [0, 0.1) is 10.8 Å². The first-order valence-corrected chi connectivity index (χ1v) is 10.2. The molecule has 4 rings (SSSR count). The fourth-order valence-corrected chi connectivity index (χ4v) is 5.22. The third kappa shape index (κ3) is 3.06. The molecule has 3 heterocycles. The number of imide groups is 1. The van der Waals surface area contributed by atoms with Crippen LogP contribution in [0.1, 0.15) is 57.6 Å². The first kappa shape index (κ1) is 20.0. The first-order chi connectivity index (χ1) is 13.5. The summed E-state index contributed by atoms with van der Waals surface area (Å²) in [6, 6.07) is 7.88. The molecule has 1 atom stereocenters. The lowest BCUT2D eigenvalue weighted by Crippen LogP contribution is -2.63. The summed E-state index contributed by atoms with van der Waals surface area (Å²) in [5, 5.41) is 18.7. The second kappa shape index (κ2) is 6.61. The van der Waals surface area contributed by atoms with Gasteiger partial charge in [0, 0.05) is 41.9 Å². The number of pyridine rings is 1. The summed E-state index contributed by atoms with van der Waals surface area (Å²) >= 11 is 0. The second-order valence-corrected chi connectivity index (χ2v) is 9.76. The van der Waals surface area contributed by atoms with Crippen molar-refractivity contribution in [3.05, 3.63) is 41.6 Å². The third-order valence-electron chi connectivity index (χ3n) is 6.85. The molecule has 2 saturated heterocycles. The number of rotatable bonds is 2. The molecule has 2 aliphatic rings. The molecule has 29 heavy (non-hydrogen) atoms. The van der Waals surface area contributed by atoms with Gasteiger partial charge in [-0.05, 0) is 35.7 Å². The van der Waals surface area contributed by atoms with Gasteiger partial charge in [-0.2, -0.15) is 0 Å². The summed E-state index contributed by atoms with van der Waals surface area (Å²) in [5.74, 6) is -0.860. The van der Waals surface area contributed by atoms with Gasteiger partial charge in [-0.3, -0.25) is 19.9 Å². The van der Waals surface area contributed by atoms with E-state index in [1.807, 2.05) is 24.3 Å². The number of carbonyl (C=O) groups excluding carboxylic acids is 2. The fraction of sp³-hybridized carbons (Fsp3) is 0.522. The average Bonchev–Trinajstić information content (AvgIpc) is 2.65. The number of nitrogens with zero attached hydrogens (tertiary/aromatic N) is 1. The minimum Gasteiger partial charge on any atom is -0.384 e. The van der Waals surface area contributed by atoms with E-state index < -0.39 is 5.60 Å². The summed E-state index contributed by atoms with van der Waals surface area (Å²) in [6.07, 6.45) is 2.55. The number of benzene rings is 1. The molecule has 1 unspecified atom stereocenters. The van der Waals surface area contributed by atoms with E-state index in [0.29, 0.717) is 12.8 Å². The first-order valence-electron chi connectivity index (χ1n) is 10.2. The zero-order chi connectivity index (χ0) is 21.0. The number of hydrogen-bond acceptors (Lipinski definition) is 5. The Balaban J connectivity index is 1.79. The van der Waals surface area contributed by atoms with E-state index in [2.05, 4.69) is 43.3 Å². The third-order valence-corrected chi connectivity index (χ3v) is 6.85. The molecule has 1 aromatic heterocycles. The number of piperidine rings is 2. The second-order valence-electron chi connectivity index (χ2n) is 9.76. The Bertz CT molecular complexity index is 980. The van der Waals surface area contributed by atoms with E-state index in [9.17, 15) is 14.7 Å². The lowest BCUT2D eigenvalue weighted by atomic mass is 9.56. The number of aromatic nitrogens is 1. The number of hydrogen-bond donors (Lipinski definition) is 3. The molecule has 0 spiro atoms. The van der Waals surface area contributed by atoms with Gasteiger partial charge in [-0.25, -0.2) is 0 Å². The summed E-state index contributed by atoms with van der Waals surface area (Å²) in [6.45, 7) is 9.79. The molecule has 6 nitrogen and oxygen atoms in total. The topological polar surface area (TPSA) is 91.3 Å². The Labute approximate surface area is 171 Å². The van der Waals surface area contributed by atoms with Crippen LogP contribution in [0.2, 0.25) is 0 Å². The molecule has 0 saturated carbocycles. The molecule has 0 bridgehead atoms.